The molecule has 3 nitrogen and oxygen atoms in total. The summed E-state index contributed by atoms with van der Waals surface area (Å²) in [5.74, 6) is -2.91. The zero-order chi connectivity index (χ0) is 14.0. The highest BCUT2D eigenvalue weighted by Gasteiger charge is 2.15. The van der Waals surface area contributed by atoms with Gasteiger partial charge in [-0.25, -0.2) is 13.8 Å². The molecule has 19 heavy (non-hydrogen) atoms. The Hall–Kier alpha value is -1.72. The Bertz CT molecular complexity index is 650. The van der Waals surface area contributed by atoms with Crippen molar-refractivity contribution < 1.29 is 13.6 Å². The van der Waals surface area contributed by atoms with Gasteiger partial charge < -0.3 is 5.32 Å². The van der Waals surface area contributed by atoms with Crippen LogP contribution in [0.1, 0.15) is 10.4 Å². The standard InChI is InChI=1S/C12H6Cl2F2N2O/c13-9-5-4-6(11(14)18-9)12(19)17-8-3-1-2-7(15)10(8)16/h1-5H,(H,17,19). The number of nitrogens with zero attached hydrogens (tertiary/aromatic N) is 1. The molecule has 0 aliphatic carbocycles. The van der Waals surface area contributed by atoms with E-state index in [0.29, 0.717) is 0 Å². The van der Waals surface area contributed by atoms with E-state index in [1.54, 1.807) is 0 Å². The largest absolute Gasteiger partial charge is 0.319 e. The molecule has 0 saturated carbocycles. The van der Waals surface area contributed by atoms with Crippen LogP contribution in [0.5, 0.6) is 0 Å². The van der Waals surface area contributed by atoms with Gasteiger partial charge in [0.1, 0.15) is 10.3 Å². The maximum absolute atomic E-state index is 13.4. The maximum Gasteiger partial charge on any atom is 0.258 e. The highest BCUT2D eigenvalue weighted by molar-refractivity contribution is 6.35. The fourth-order valence-electron chi connectivity index (χ4n) is 1.37. The maximum atomic E-state index is 13.4. The molecule has 0 aliphatic rings. The van der Waals surface area contributed by atoms with Gasteiger partial charge >= 0.3 is 0 Å². The van der Waals surface area contributed by atoms with E-state index in [0.717, 1.165) is 6.07 Å². The van der Waals surface area contributed by atoms with Crippen LogP contribution in [0, 0.1) is 11.6 Å². The molecule has 0 atom stereocenters. The molecular formula is C12H6Cl2F2N2O. The summed E-state index contributed by atoms with van der Waals surface area (Å²) in [5.41, 5.74) is -0.272. The van der Waals surface area contributed by atoms with Gasteiger partial charge in [-0.2, -0.15) is 0 Å². The number of pyridine rings is 1. The fraction of sp³-hybridized carbons (Fsp3) is 0. The topological polar surface area (TPSA) is 42.0 Å². The average molecular weight is 303 g/mol. The molecule has 1 N–H and O–H groups in total. The number of benzene rings is 1. The molecule has 0 fully saturated rings. The zero-order valence-electron chi connectivity index (χ0n) is 9.25. The summed E-state index contributed by atoms with van der Waals surface area (Å²) in [6.07, 6.45) is 0. The highest BCUT2D eigenvalue weighted by Crippen LogP contribution is 2.20. The van der Waals surface area contributed by atoms with Crippen molar-refractivity contribution >= 4 is 34.8 Å². The molecule has 1 aromatic carbocycles. The predicted octanol–water partition coefficient (Wildman–Crippen LogP) is 3.92. The number of rotatable bonds is 2. The lowest BCUT2D eigenvalue weighted by molar-refractivity contribution is 0.102. The number of anilines is 1. The second-order valence-electron chi connectivity index (χ2n) is 3.53. The first-order chi connectivity index (χ1) is 8.99. The molecule has 7 heteroatoms. The second kappa shape index (κ2) is 5.50. The summed E-state index contributed by atoms with van der Waals surface area (Å²) in [6.45, 7) is 0. The lowest BCUT2D eigenvalue weighted by Crippen LogP contribution is -2.14. The van der Waals surface area contributed by atoms with Crippen LogP contribution in [0.15, 0.2) is 30.3 Å². The molecule has 1 heterocycles. The van der Waals surface area contributed by atoms with Crippen LogP contribution in [-0.4, -0.2) is 10.9 Å². The number of hydrogen-bond acceptors (Lipinski definition) is 2. The van der Waals surface area contributed by atoms with Crippen molar-refractivity contribution in [3.63, 3.8) is 0 Å². The van der Waals surface area contributed by atoms with Crippen LogP contribution in [-0.2, 0) is 0 Å². The van der Waals surface area contributed by atoms with Crippen LogP contribution in [0.4, 0.5) is 14.5 Å². The van der Waals surface area contributed by atoms with Crippen molar-refractivity contribution in [1.29, 1.82) is 0 Å². The van der Waals surface area contributed by atoms with E-state index >= 15 is 0 Å². The molecule has 1 aromatic heterocycles. The van der Waals surface area contributed by atoms with Gasteiger partial charge in [-0.15, -0.1) is 0 Å². The van der Waals surface area contributed by atoms with Crippen molar-refractivity contribution in [2.24, 2.45) is 0 Å². The monoisotopic (exact) mass is 302 g/mol. The quantitative estimate of drug-likeness (QED) is 0.854. The lowest BCUT2D eigenvalue weighted by atomic mass is 10.2. The third kappa shape index (κ3) is 3.00. The summed E-state index contributed by atoms with van der Waals surface area (Å²) in [7, 11) is 0. The molecule has 0 radical (unpaired) electrons. The summed E-state index contributed by atoms with van der Waals surface area (Å²) in [6, 6.07) is 6.15. The first-order valence-electron chi connectivity index (χ1n) is 5.06. The predicted molar refractivity (Wildman–Crippen MR) is 68.6 cm³/mol. The van der Waals surface area contributed by atoms with Gasteiger partial charge in [0, 0.05) is 0 Å². The van der Waals surface area contributed by atoms with Crippen LogP contribution < -0.4 is 5.32 Å². The summed E-state index contributed by atoms with van der Waals surface area (Å²) >= 11 is 11.3. The highest BCUT2D eigenvalue weighted by atomic mass is 35.5. The number of carbonyl (C=O) groups is 1. The van der Waals surface area contributed by atoms with Crippen LogP contribution in [0.3, 0.4) is 0 Å². The molecule has 0 bridgehead atoms. The molecule has 2 rings (SSSR count). The third-order valence-corrected chi connectivity index (χ3v) is 2.76. The summed E-state index contributed by atoms with van der Waals surface area (Å²) < 4.78 is 26.4. The average Bonchev–Trinajstić information content (AvgIpc) is 2.34. The number of halogens is 4. The Kier molecular flexibility index (Phi) is 3.97. The van der Waals surface area contributed by atoms with Gasteiger partial charge in [-0.1, -0.05) is 29.3 Å². The smallest absolute Gasteiger partial charge is 0.258 e. The first-order valence-corrected chi connectivity index (χ1v) is 5.82. The first kappa shape index (κ1) is 13.7. The van der Waals surface area contributed by atoms with Crippen molar-refractivity contribution in [1.82, 2.24) is 4.98 Å². The van der Waals surface area contributed by atoms with Gasteiger partial charge in [-0.05, 0) is 24.3 Å². The van der Waals surface area contributed by atoms with E-state index in [9.17, 15) is 13.6 Å². The van der Waals surface area contributed by atoms with E-state index in [-0.39, 0.29) is 21.6 Å². The normalized spacial score (nSPS) is 10.3. The minimum Gasteiger partial charge on any atom is -0.319 e. The SMILES string of the molecule is O=C(Nc1cccc(F)c1F)c1ccc(Cl)nc1Cl. The Labute approximate surface area is 117 Å². The molecule has 0 aliphatic heterocycles. The zero-order valence-corrected chi connectivity index (χ0v) is 10.8. The Balaban J connectivity index is 2.28. The van der Waals surface area contributed by atoms with Crippen molar-refractivity contribution in [3.05, 3.63) is 57.8 Å². The summed E-state index contributed by atoms with van der Waals surface area (Å²) in [4.78, 5) is 15.5. The number of nitrogens with one attached hydrogen (secondary N) is 1. The van der Waals surface area contributed by atoms with Gasteiger partial charge in [0.05, 0.1) is 11.3 Å². The van der Waals surface area contributed by atoms with E-state index in [1.807, 2.05) is 0 Å². The van der Waals surface area contributed by atoms with Gasteiger partial charge in [-0.3, -0.25) is 4.79 Å². The Morgan fingerprint density at radius 3 is 2.58 bits per heavy atom. The lowest BCUT2D eigenvalue weighted by Gasteiger charge is -2.07. The summed E-state index contributed by atoms with van der Waals surface area (Å²) in [5, 5.41) is 2.21. The van der Waals surface area contributed by atoms with Crippen LogP contribution in [0.25, 0.3) is 0 Å². The molecule has 0 unspecified atom stereocenters. The van der Waals surface area contributed by atoms with Gasteiger partial charge in [0.15, 0.2) is 11.6 Å². The Morgan fingerprint density at radius 2 is 1.89 bits per heavy atom. The molecule has 98 valence electrons. The second-order valence-corrected chi connectivity index (χ2v) is 4.27. The van der Waals surface area contributed by atoms with E-state index in [2.05, 4.69) is 10.3 Å². The fourth-order valence-corrected chi connectivity index (χ4v) is 1.80. The molecule has 0 saturated heterocycles. The van der Waals surface area contributed by atoms with Crippen LogP contribution >= 0.6 is 23.2 Å². The van der Waals surface area contributed by atoms with Crippen molar-refractivity contribution in [2.45, 2.75) is 0 Å². The van der Waals surface area contributed by atoms with Crippen molar-refractivity contribution in [2.75, 3.05) is 5.32 Å². The molecule has 2 aromatic rings. The van der Waals surface area contributed by atoms with E-state index in [1.165, 1.54) is 24.3 Å². The van der Waals surface area contributed by atoms with Crippen LogP contribution in [0.2, 0.25) is 10.3 Å². The number of aromatic nitrogens is 1. The van der Waals surface area contributed by atoms with E-state index in [4.69, 9.17) is 23.2 Å². The molecule has 0 spiro atoms. The van der Waals surface area contributed by atoms with Gasteiger partial charge in [0.2, 0.25) is 0 Å². The number of amides is 1. The van der Waals surface area contributed by atoms with Crippen molar-refractivity contribution in [3.8, 4) is 0 Å². The van der Waals surface area contributed by atoms with E-state index < -0.39 is 17.5 Å². The third-order valence-electron chi connectivity index (χ3n) is 2.26. The number of carbonyl (C=O) groups excluding carboxylic acids is 1. The molecule has 1 amide bonds. The van der Waals surface area contributed by atoms with Gasteiger partial charge in [0.25, 0.3) is 5.91 Å². The number of hydrogen-bond donors (Lipinski definition) is 1. The minimum absolute atomic E-state index is 0.00901. The molecular weight excluding hydrogens is 297 g/mol. The minimum atomic E-state index is -1.14. The Morgan fingerprint density at radius 1 is 1.16 bits per heavy atom.